The fourth-order valence-corrected chi connectivity index (χ4v) is 0.560. The predicted octanol–water partition coefficient (Wildman–Crippen LogP) is 2.18. The van der Waals surface area contributed by atoms with E-state index in [1.54, 1.807) is 0 Å². The molecule has 0 radical (unpaired) electrons. The Kier molecular flexibility index (Phi) is 5.22. The highest BCUT2D eigenvalue weighted by Gasteiger charge is 1.74. The van der Waals surface area contributed by atoms with Gasteiger partial charge in [0.1, 0.15) is 0 Å². The lowest BCUT2D eigenvalue weighted by Crippen LogP contribution is -1.55. The summed E-state index contributed by atoms with van der Waals surface area (Å²) in [6.07, 6.45) is 0.750. The van der Waals surface area contributed by atoms with Crippen molar-refractivity contribution >= 4 is 11.6 Å². The Morgan fingerprint density at radius 1 is 1.30 bits per heavy atom. The zero-order valence-corrected chi connectivity index (χ0v) is 5.92. The Hall–Kier alpha value is -1.20. The van der Waals surface area contributed by atoms with Gasteiger partial charge in [-0.3, -0.25) is 0 Å². The summed E-state index contributed by atoms with van der Waals surface area (Å²) < 4.78 is 0. The van der Waals surface area contributed by atoms with Crippen molar-refractivity contribution in [3.8, 4) is 6.26 Å². The first-order valence-corrected chi connectivity index (χ1v) is 2.92. The Balaban J connectivity index is 0.000000236. The number of aliphatic hydroxyl groups is 1. The second kappa shape index (κ2) is 5.93. The molecule has 2 nitrogen and oxygen atoms in total. The number of hydrogen-bond acceptors (Lipinski definition) is 2. The highest BCUT2D eigenvalue weighted by atomic mass is 35.5. The smallest absolute Gasteiger partial charge is 0.283 e. The fraction of sp³-hybridized carbons (Fsp3) is 0. The maximum atomic E-state index is 6.88. The van der Waals surface area contributed by atoms with E-state index in [2.05, 4.69) is 0 Å². The van der Waals surface area contributed by atoms with Crippen LogP contribution in [0.25, 0.3) is 0 Å². The van der Waals surface area contributed by atoms with Gasteiger partial charge in [-0.15, -0.1) is 0 Å². The summed E-state index contributed by atoms with van der Waals surface area (Å²) in [5.41, 5.74) is 0. The molecule has 0 aliphatic rings. The third kappa shape index (κ3) is 4.95. The van der Waals surface area contributed by atoms with Crippen LogP contribution in [0.5, 0.6) is 0 Å². The van der Waals surface area contributed by atoms with E-state index in [1.807, 2.05) is 30.3 Å². The molecule has 0 heterocycles. The van der Waals surface area contributed by atoms with E-state index in [9.17, 15) is 0 Å². The molecule has 0 unspecified atom stereocenters. The summed E-state index contributed by atoms with van der Waals surface area (Å²) in [5, 5.41) is 14.5. The summed E-state index contributed by atoms with van der Waals surface area (Å²) in [4.78, 5) is 0. The van der Waals surface area contributed by atoms with Crippen LogP contribution < -0.4 is 0 Å². The standard InChI is InChI=1S/C6H5Cl.CHNO/c7-6-4-2-1-3-5-6;2-1-3/h1-5H;3H. The minimum absolute atomic E-state index is 0.750. The number of halogens is 1. The Labute approximate surface area is 64.3 Å². The van der Waals surface area contributed by atoms with Gasteiger partial charge in [0.15, 0.2) is 0 Å². The van der Waals surface area contributed by atoms with Crippen LogP contribution in [0.15, 0.2) is 30.3 Å². The van der Waals surface area contributed by atoms with Crippen molar-refractivity contribution in [2.75, 3.05) is 0 Å². The maximum absolute atomic E-state index is 6.88. The maximum Gasteiger partial charge on any atom is 0.283 e. The quantitative estimate of drug-likeness (QED) is 0.584. The molecule has 0 aliphatic heterocycles. The molecule has 1 aromatic carbocycles. The van der Waals surface area contributed by atoms with Crippen LogP contribution >= 0.6 is 11.6 Å². The zero-order chi connectivity index (χ0) is 7.82. The van der Waals surface area contributed by atoms with E-state index in [1.165, 1.54) is 0 Å². The van der Waals surface area contributed by atoms with Crippen molar-refractivity contribution in [1.82, 2.24) is 0 Å². The molecule has 0 saturated heterocycles. The van der Waals surface area contributed by atoms with Crippen LogP contribution in [-0.4, -0.2) is 5.11 Å². The molecule has 1 aromatic rings. The van der Waals surface area contributed by atoms with Crippen molar-refractivity contribution in [3.05, 3.63) is 35.4 Å². The first kappa shape index (κ1) is 8.80. The summed E-state index contributed by atoms with van der Waals surface area (Å²) in [7, 11) is 0. The van der Waals surface area contributed by atoms with Gasteiger partial charge in [-0.1, -0.05) is 29.8 Å². The Bertz CT molecular complexity index is 205. The van der Waals surface area contributed by atoms with Crippen molar-refractivity contribution < 1.29 is 5.11 Å². The van der Waals surface area contributed by atoms with E-state index in [4.69, 9.17) is 22.0 Å². The van der Waals surface area contributed by atoms with Gasteiger partial charge in [-0.25, -0.2) is 0 Å². The average molecular weight is 156 g/mol. The van der Waals surface area contributed by atoms with Gasteiger partial charge in [-0.2, -0.15) is 5.26 Å². The van der Waals surface area contributed by atoms with Crippen molar-refractivity contribution in [1.29, 1.82) is 5.26 Å². The van der Waals surface area contributed by atoms with Gasteiger partial charge in [-0.05, 0) is 12.1 Å². The van der Waals surface area contributed by atoms with E-state index in [-0.39, 0.29) is 0 Å². The topological polar surface area (TPSA) is 44.0 Å². The molecular formula is C7H6ClNO. The normalized spacial score (nSPS) is 6.80. The molecule has 0 saturated carbocycles. The lowest BCUT2D eigenvalue weighted by atomic mass is 10.4. The number of nitriles is 1. The van der Waals surface area contributed by atoms with Crippen LogP contribution in [0.1, 0.15) is 0 Å². The van der Waals surface area contributed by atoms with Crippen molar-refractivity contribution in [2.24, 2.45) is 0 Å². The van der Waals surface area contributed by atoms with Gasteiger partial charge in [0.25, 0.3) is 6.26 Å². The number of rotatable bonds is 0. The molecule has 0 aromatic heterocycles. The van der Waals surface area contributed by atoms with Crippen LogP contribution in [0, 0.1) is 11.5 Å². The van der Waals surface area contributed by atoms with Gasteiger partial charge in [0, 0.05) is 5.02 Å². The highest BCUT2D eigenvalue weighted by Crippen LogP contribution is 2.03. The number of nitrogens with zero attached hydrogens (tertiary/aromatic N) is 1. The molecular weight excluding hydrogens is 150 g/mol. The first-order valence-electron chi connectivity index (χ1n) is 2.55. The average Bonchev–Trinajstić information content (AvgIpc) is 1.91. The molecule has 1 rings (SSSR count). The van der Waals surface area contributed by atoms with E-state index in [0.29, 0.717) is 0 Å². The highest BCUT2D eigenvalue weighted by molar-refractivity contribution is 6.30. The second-order valence-corrected chi connectivity index (χ2v) is 1.83. The molecule has 3 heteroatoms. The number of benzene rings is 1. The summed E-state index contributed by atoms with van der Waals surface area (Å²) in [6.45, 7) is 0. The van der Waals surface area contributed by atoms with E-state index >= 15 is 0 Å². The van der Waals surface area contributed by atoms with Gasteiger partial charge in [0.05, 0.1) is 0 Å². The van der Waals surface area contributed by atoms with Crippen LogP contribution in [0.2, 0.25) is 5.02 Å². The predicted molar refractivity (Wildman–Crippen MR) is 39.0 cm³/mol. The monoisotopic (exact) mass is 155 g/mol. The summed E-state index contributed by atoms with van der Waals surface area (Å²) in [6, 6.07) is 9.44. The molecule has 52 valence electrons. The van der Waals surface area contributed by atoms with Crippen LogP contribution in [0.3, 0.4) is 0 Å². The largest absolute Gasteiger partial charge is 0.443 e. The molecule has 0 atom stereocenters. The third-order valence-electron chi connectivity index (χ3n) is 0.733. The van der Waals surface area contributed by atoms with Crippen LogP contribution in [0.4, 0.5) is 0 Å². The molecule has 0 fully saturated rings. The molecule has 0 bridgehead atoms. The van der Waals surface area contributed by atoms with E-state index < -0.39 is 0 Å². The number of aliphatic hydroxyl groups excluding tert-OH is 1. The van der Waals surface area contributed by atoms with Gasteiger partial charge < -0.3 is 5.11 Å². The van der Waals surface area contributed by atoms with Crippen molar-refractivity contribution in [3.63, 3.8) is 0 Å². The molecule has 1 N–H and O–H groups in total. The Morgan fingerprint density at radius 2 is 1.70 bits per heavy atom. The van der Waals surface area contributed by atoms with Gasteiger partial charge in [0.2, 0.25) is 0 Å². The lowest BCUT2D eigenvalue weighted by molar-refractivity contribution is 0.503. The molecule has 0 aliphatic carbocycles. The SMILES string of the molecule is Clc1ccccc1.N#CO. The minimum Gasteiger partial charge on any atom is -0.443 e. The zero-order valence-electron chi connectivity index (χ0n) is 5.16. The van der Waals surface area contributed by atoms with Crippen LogP contribution in [-0.2, 0) is 0 Å². The number of hydrogen-bond donors (Lipinski definition) is 1. The minimum atomic E-state index is 0.750. The molecule has 0 spiro atoms. The van der Waals surface area contributed by atoms with Gasteiger partial charge >= 0.3 is 0 Å². The fourth-order valence-electron chi connectivity index (χ4n) is 0.415. The molecule has 10 heavy (non-hydrogen) atoms. The molecule has 0 amide bonds. The van der Waals surface area contributed by atoms with Crippen molar-refractivity contribution in [2.45, 2.75) is 0 Å². The summed E-state index contributed by atoms with van der Waals surface area (Å²) in [5.74, 6) is 0. The summed E-state index contributed by atoms with van der Waals surface area (Å²) >= 11 is 5.54. The second-order valence-electron chi connectivity index (χ2n) is 1.40. The third-order valence-corrected chi connectivity index (χ3v) is 0.985. The Morgan fingerprint density at radius 3 is 1.90 bits per heavy atom. The lowest BCUT2D eigenvalue weighted by Gasteiger charge is -1.80. The first-order chi connectivity index (χ1) is 4.81. The van der Waals surface area contributed by atoms with E-state index in [0.717, 1.165) is 11.3 Å².